The highest BCUT2D eigenvalue weighted by atomic mass is 127. The first kappa shape index (κ1) is 92.7. The van der Waals surface area contributed by atoms with E-state index in [1.54, 1.807) is 83.1 Å². The Morgan fingerprint density at radius 1 is 0.486 bits per heavy atom. The third-order valence-corrected chi connectivity index (χ3v) is 18.6. The fourth-order valence-corrected chi connectivity index (χ4v) is 12.9. The maximum absolute atomic E-state index is 14.3. The monoisotopic (exact) mass is 1660 g/mol. The Hall–Kier alpha value is -8.90. The first-order chi connectivity index (χ1) is 52.2. The zero-order valence-electron chi connectivity index (χ0n) is 66.9. The predicted molar refractivity (Wildman–Crippen MR) is 426 cm³/mol. The van der Waals surface area contributed by atoms with Gasteiger partial charge in [0, 0.05) is 48.4 Å². The summed E-state index contributed by atoms with van der Waals surface area (Å²) in [5.41, 5.74) is -1.97. The number of aryl methyl sites for hydroxylation is 1. The summed E-state index contributed by atoms with van der Waals surface area (Å²) in [6, 6.07) is 12.9. The maximum Gasteiger partial charge on any atom is 0.407 e. The molecule has 6 atom stereocenters. The second-order valence-electron chi connectivity index (χ2n) is 32.5. The number of nitrogens with one attached hydrogen (secondary N) is 9. The van der Waals surface area contributed by atoms with Crippen molar-refractivity contribution in [2.75, 3.05) is 26.2 Å². The minimum Gasteiger partial charge on any atom is -0.461 e. The van der Waals surface area contributed by atoms with Crippen LogP contribution < -0.4 is 47.9 Å². The van der Waals surface area contributed by atoms with Gasteiger partial charge in [0.05, 0.1) is 12.8 Å². The standard InChI is InChI=1S/C82H120IN9O19/c1-14-46-106-78(105)85-45-22-19-29-60(87-67(94)50-65(76(103)111-82(11,12)13)89-68(95)49-64(75(102)110-81(8,9)10)88-66(93)31-23-24-52-35-40-58(83)41-36-52)71(98)86-51-53-32-38-56(39-33-53)70(97)90-63(48-54-34-37-55-25-15-16-26-57(55)47-54)72(99)84-44-21-20-30-61(73(100)107-59-27-17-18-28-59)91-77(104)92-62(74(101)109-80(5,6)7)42-43-69(96)108-79(2,3)4/h14-16,25-26,34-37,40-41,47,53,56,59-65H,1,17-24,27-33,38-39,42-46,48-51H2,2-13H3,(H,84,99)(H,85,105)(H,86,98)(H,87,94)(H,88,93)(H,89,95)(H,90,97)(H2,91,92,104). The Bertz CT molecular complexity index is 3620. The number of urea groups is 1. The molecule has 0 bridgehead atoms. The number of amides is 9. The second-order valence-corrected chi connectivity index (χ2v) is 33.8. The number of rotatable bonds is 41. The number of hydrogen-bond acceptors (Lipinski definition) is 19. The van der Waals surface area contributed by atoms with Crippen LogP contribution in [0.2, 0.25) is 0 Å². The SMILES string of the molecule is C=CCOC(=O)NCCCCC(NC(=O)CC(NC(=O)CC(NC(=O)CCCc1ccc(I)cc1)C(=O)OC(C)(C)C)C(=O)OC(C)(C)C)C(=O)NCC1CCC(C(=O)NC(Cc2ccc3ccccc3c2)C(=O)NCCCCC(NC(=O)NC(CCC(=O)OC(C)(C)C)C(=O)OC(C)(C)C)C(=O)OC2CCCC2)CC1. The Kier molecular flexibility index (Phi) is 38.1. The van der Waals surface area contributed by atoms with Crippen molar-refractivity contribution in [2.24, 2.45) is 11.8 Å². The summed E-state index contributed by atoms with van der Waals surface area (Å²) in [7, 11) is 0. The minimum absolute atomic E-state index is 0.00514. The fraction of sp³-hybridized carbons (Fsp3) is 0.622. The van der Waals surface area contributed by atoms with Crippen LogP contribution in [0.1, 0.15) is 223 Å². The molecule has 0 aromatic heterocycles. The smallest absolute Gasteiger partial charge is 0.407 e. The van der Waals surface area contributed by atoms with E-state index in [1.165, 1.54) is 6.08 Å². The molecule has 0 saturated heterocycles. The topological polar surface area (TPSA) is 386 Å². The number of fused-ring (bicyclic) bond motifs is 1. The lowest BCUT2D eigenvalue weighted by molar-refractivity contribution is -0.161. The van der Waals surface area contributed by atoms with Crippen LogP contribution in [0.3, 0.4) is 0 Å². The molecule has 29 heteroatoms. The average molecular weight is 1660 g/mol. The van der Waals surface area contributed by atoms with E-state index in [-0.39, 0.29) is 82.7 Å². The van der Waals surface area contributed by atoms with Crippen molar-refractivity contribution in [3.8, 4) is 0 Å². The Labute approximate surface area is 667 Å². The molecule has 2 aliphatic carbocycles. The van der Waals surface area contributed by atoms with Crippen molar-refractivity contribution < 1.29 is 90.8 Å². The molecule has 0 heterocycles. The number of esters is 5. The lowest BCUT2D eigenvalue weighted by Crippen LogP contribution is -2.52. The van der Waals surface area contributed by atoms with Crippen LogP contribution in [-0.4, -0.2) is 168 Å². The summed E-state index contributed by atoms with van der Waals surface area (Å²) < 4.78 is 34.1. The molecule has 28 nitrogen and oxygen atoms in total. The van der Waals surface area contributed by atoms with Gasteiger partial charge in [-0.2, -0.15) is 0 Å². The number of alkyl carbamates (subject to hydrolysis) is 1. The predicted octanol–water partition coefficient (Wildman–Crippen LogP) is 9.69. The summed E-state index contributed by atoms with van der Waals surface area (Å²) >= 11 is 2.20. The van der Waals surface area contributed by atoms with E-state index < -0.39 is 149 Å². The number of benzene rings is 3. The van der Waals surface area contributed by atoms with E-state index >= 15 is 0 Å². The van der Waals surface area contributed by atoms with E-state index in [9.17, 15) is 62.3 Å². The van der Waals surface area contributed by atoms with Gasteiger partial charge in [-0.1, -0.05) is 67.3 Å². The molecule has 0 spiro atoms. The normalized spacial score (nSPS) is 16.2. The van der Waals surface area contributed by atoms with Crippen LogP contribution in [0.4, 0.5) is 9.59 Å². The molecule has 2 fully saturated rings. The minimum atomic E-state index is -1.63. The van der Waals surface area contributed by atoms with Crippen molar-refractivity contribution >= 4 is 111 Å². The van der Waals surface area contributed by atoms with Gasteiger partial charge in [-0.05, 0) is 255 Å². The molecule has 0 radical (unpaired) electrons. The van der Waals surface area contributed by atoms with Crippen molar-refractivity contribution in [3.05, 3.63) is 94.1 Å². The van der Waals surface area contributed by atoms with Crippen LogP contribution in [0.15, 0.2) is 79.4 Å². The Morgan fingerprint density at radius 3 is 1.56 bits per heavy atom. The van der Waals surface area contributed by atoms with Crippen LogP contribution in [0.25, 0.3) is 10.8 Å². The van der Waals surface area contributed by atoms with Gasteiger partial charge in [0.25, 0.3) is 0 Å². The average Bonchev–Trinajstić information content (AvgIpc) is 1.45. The lowest BCUT2D eigenvalue weighted by atomic mass is 9.81. The van der Waals surface area contributed by atoms with Gasteiger partial charge in [-0.15, -0.1) is 0 Å². The van der Waals surface area contributed by atoms with E-state index in [1.807, 2.05) is 66.7 Å². The number of ether oxygens (including phenoxy) is 6. The van der Waals surface area contributed by atoms with Crippen LogP contribution in [0, 0.1) is 15.4 Å². The molecule has 3 aromatic rings. The third kappa shape index (κ3) is 37.8. The van der Waals surface area contributed by atoms with Crippen LogP contribution in [-0.2, 0) is 94.0 Å². The zero-order chi connectivity index (χ0) is 82.1. The molecule has 2 saturated carbocycles. The summed E-state index contributed by atoms with van der Waals surface area (Å²) in [6.45, 7) is 23.8. The number of carbonyl (C=O) groups is 13. The second kappa shape index (κ2) is 45.6. The van der Waals surface area contributed by atoms with Gasteiger partial charge < -0.3 is 76.3 Å². The highest BCUT2D eigenvalue weighted by Gasteiger charge is 2.37. The van der Waals surface area contributed by atoms with Gasteiger partial charge >= 0.3 is 42.0 Å². The van der Waals surface area contributed by atoms with Crippen LogP contribution >= 0.6 is 22.6 Å². The summed E-state index contributed by atoms with van der Waals surface area (Å²) in [5.74, 6) is -8.03. The quantitative estimate of drug-likeness (QED) is 0.00838. The van der Waals surface area contributed by atoms with Gasteiger partial charge in [-0.3, -0.25) is 33.6 Å². The van der Waals surface area contributed by atoms with Crippen molar-refractivity contribution in [2.45, 2.75) is 289 Å². The van der Waals surface area contributed by atoms with E-state index in [0.717, 1.165) is 38.3 Å². The summed E-state index contributed by atoms with van der Waals surface area (Å²) in [6.07, 6.45) is 6.43. The lowest BCUT2D eigenvalue weighted by Gasteiger charge is -2.30. The molecule has 0 aliphatic heterocycles. The third-order valence-electron chi connectivity index (χ3n) is 17.9. The van der Waals surface area contributed by atoms with Gasteiger partial charge in [0.2, 0.25) is 35.4 Å². The number of carbonyl (C=O) groups excluding carboxylic acids is 13. The van der Waals surface area contributed by atoms with E-state index in [4.69, 9.17) is 28.4 Å². The molecule has 111 heavy (non-hydrogen) atoms. The van der Waals surface area contributed by atoms with Crippen LogP contribution in [0.5, 0.6) is 0 Å². The molecule has 2 aliphatic rings. The summed E-state index contributed by atoms with van der Waals surface area (Å²) in [5, 5.41) is 26.7. The highest BCUT2D eigenvalue weighted by Crippen LogP contribution is 2.30. The molecule has 9 amide bonds. The van der Waals surface area contributed by atoms with Gasteiger partial charge in [-0.25, -0.2) is 28.8 Å². The fourth-order valence-electron chi connectivity index (χ4n) is 12.5. The molecular formula is C82H120IN9O19. The van der Waals surface area contributed by atoms with Gasteiger partial charge in [0.15, 0.2) is 0 Å². The number of hydrogen-bond donors (Lipinski definition) is 9. The highest BCUT2D eigenvalue weighted by molar-refractivity contribution is 14.1. The van der Waals surface area contributed by atoms with Gasteiger partial charge in [0.1, 0.15) is 71.4 Å². The van der Waals surface area contributed by atoms with E-state index in [0.29, 0.717) is 77.0 Å². The Balaban J connectivity index is 1.23. The van der Waals surface area contributed by atoms with E-state index in [2.05, 4.69) is 77.0 Å². The molecule has 6 unspecified atom stereocenters. The van der Waals surface area contributed by atoms with Crippen molar-refractivity contribution in [1.82, 2.24) is 47.9 Å². The molecule has 3 aromatic carbocycles. The largest absolute Gasteiger partial charge is 0.461 e. The maximum atomic E-state index is 14.3. The Morgan fingerprint density at radius 2 is 0.991 bits per heavy atom. The van der Waals surface area contributed by atoms with Crippen molar-refractivity contribution in [1.29, 1.82) is 0 Å². The zero-order valence-corrected chi connectivity index (χ0v) is 69.0. The molecule has 5 rings (SSSR count). The molecule has 614 valence electrons. The molecular weight excluding hydrogens is 1540 g/mol. The van der Waals surface area contributed by atoms with Crippen molar-refractivity contribution in [3.63, 3.8) is 0 Å². The number of halogens is 1. The summed E-state index contributed by atoms with van der Waals surface area (Å²) in [4.78, 5) is 177. The first-order valence-corrected chi connectivity index (χ1v) is 39.9. The molecule has 9 N–H and O–H groups in total. The first-order valence-electron chi connectivity index (χ1n) is 38.9. The number of unbranched alkanes of at least 4 members (excludes halogenated alkanes) is 2.